The van der Waals surface area contributed by atoms with Crippen molar-refractivity contribution < 1.29 is 38.1 Å². The van der Waals surface area contributed by atoms with Crippen LogP contribution >= 0.6 is 0 Å². The van der Waals surface area contributed by atoms with Crippen LogP contribution in [0.1, 0.15) is 24.0 Å². The zero-order valence-corrected chi connectivity index (χ0v) is 27.1. The number of para-hydroxylation sites is 2. The van der Waals surface area contributed by atoms with E-state index >= 15 is 0 Å². The Labute approximate surface area is 290 Å². The minimum Gasteiger partial charge on any atom is -0.457 e. The first-order valence-corrected chi connectivity index (χ1v) is 15.8. The Morgan fingerprint density at radius 1 is 0.540 bits per heavy atom. The number of benzene rings is 4. The quantitative estimate of drug-likeness (QED) is 0.0885. The summed E-state index contributed by atoms with van der Waals surface area (Å²) in [5, 5.41) is 0. The highest BCUT2D eigenvalue weighted by atomic mass is 16.6. The van der Waals surface area contributed by atoms with Crippen molar-refractivity contribution in [2.45, 2.75) is 25.9 Å². The van der Waals surface area contributed by atoms with Crippen LogP contribution in [0.4, 0.5) is 9.59 Å². The van der Waals surface area contributed by atoms with Crippen LogP contribution in [0, 0.1) is 36.5 Å². The minimum atomic E-state index is -0.959. The molecule has 1 fully saturated rings. The number of carbonyl (C=O) groups excluding carboxylic acids is 4. The molecule has 4 aromatic rings. The first-order valence-electron chi connectivity index (χ1n) is 15.8. The fourth-order valence-electron chi connectivity index (χ4n) is 5.12. The predicted molar refractivity (Wildman–Crippen MR) is 184 cm³/mol. The number of carbonyl (C=O) groups is 4. The Kier molecular flexibility index (Phi) is 11.9. The Morgan fingerprint density at radius 3 is 1.20 bits per heavy atom. The topological polar surface area (TPSA) is 112 Å². The van der Waals surface area contributed by atoms with E-state index in [-0.39, 0.29) is 39.0 Å². The van der Waals surface area contributed by atoms with Crippen molar-refractivity contribution in [3.63, 3.8) is 0 Å². The maximum absolute atomic E-state index is 13.0. The summed E-state index contributed by atoms with van der Waals surface area (Å²) in [4.78, 5) is 54.2. The molecule has 2 amide bonds. The summed E-state index contributed by atoms with van der Waals surface area (Å²) in [5.41, 5.74) is 1.45. The molecule has 252 valence electrons. The van der Waals surface area contributed by atoms with Crippen molar-refractivity contribution in [1.82, 2.24) is 9.80 Å². The first kappa shape index (κ1) is 34.8. The van der Waals surface area contributed by atoms with Crippen LogP contribution in [-0.2, 0) is 32.2 Å². The smallest absolute Gasteiger partial charge is 0.418 e. The molecule has 1 aliphatic carbocycles. The lowest BCUT2D eigenvalue weighted by Crippen LogP contribution is -2.44. The number of amides is 2. The maximum atomic E-state index is 13.0. The normalized spacial score (nSPS) is 14.4. The molecule has 1 saturated carbocycles. The molecule has 10 nitrogen and oxygen atoms in total. The van der Waals surface area contributed by atoms with Crippen LogP contribution in [-0.4, -0.2) is 47.0 Å². The Morgan fingerprint density at radius 2 is 0.880 bits per heavy atom. The molecule has 0 radical (unpaired) electrons. The first-order chi connectivity index (χ1) is 24.3. The third kappa shape index (κ3) is 9.52. The van der Waals surface area contributed by atoms with Crippen molar-refractivity contribution in [1.29, 1.82) is 0 Å². The number of terminal acetylenes is 2. The summed E-state index contributed by atoms with van der Waals surface area (Å²) < 4.78 is 21.9. The van der Waals surface area contributed by atoms with E-state index in [0.29, 0.717) is 23.0 Å². The molecule has 0 heterocycles. The molecule has 0 N–H and O–H groups in total. The molecule has 2 unspecified atom stereocenters. The number of hydrogen-bond donors (Lipinski definition) is 0. The van der Waals surface area contributed by atoms with E-state index in [0.717, 1.165) is 11.1 Å². The van der Waals surface area contributed by atoms with Gasteiger partial charge in [-0.2, -0.15) is 0 Å². The van der Waals surface area contributed by atoms with E-state index in [4.69, 9.17) is 31.8 Å². The fraction of sp³-hybridized carbons (Fsp3) is 0.200. The van der Waals surface area contributed by atoms with Crippen LogP contribution in [0.15, 0.2) is 109 Å². The molecule has 4 aromatic carbocycles. The van der Waals surface area contributed by atoms with Gasteiger partial charge in [0, 0.05) is 13.1 Å². The maximum Gasteiger partial charge on any atom is 0.418 e. The minimum absolute atomic E-state index is 0.0698. The SMILES string of the molecule is C#CCN(Cc1ccc(Oc2ccccc2)cc1)C(=O)OC(=O)C1CCC1C(=O)OC(=O)N(CC#C)Cc1ccc(Oc2ccccc2)cc1. The number of rotatable bonds is 12. The van der Waals surface area contributed by atoms with Crippen molar-refractivity contribution in [2.75, 3.05) is 13.1 Å². The second-order valence-corrected chi connectivity index (χ2v) is 11.4. The van der Waals surface area contributed by atoms with Gasteiger partial charge in [-0.25, -0.2) is 9.59 Å². The third-order valence-electron chi connectivity index (χ3n) is 7.89. The predicted octanol–water partition coefficient (Wildman–Crippen LogP) is 7.19. The monoisotopic (exact) mass is 670 g/mol. The molecule has 0 saturated heterocycles. The van der Waals surface area contributed by atoms with Crippen LogP contribution < -0.4 is 9.47 Å². The van der Waals surface area contributed by atoms with E-state index in [1.165, 1.54) is 9.80 Å². The molecule has 1 aliphatic rings. The lowest BCUT2D eigenvalue weighted by molar-refractivity contribution is -0.161. The number of nitrogens with zero attached hydrogens (tertiary/aromatic N) is 2. The molecule has 50 heavy (non-hydrogen) atoms. The lowest BCUT2D eigenvalue weighted by atomic mass is 9.74. The van der Waals surface area contributed by atoms with Gasteiger partial charge >= 0.3 is 24.1 Å². The number of hydrogen-bond acceptors (Lipinski definition) is 8. The molecular weight excluding hydrogens is 636 g/mol. The van der Waals surface area contributed by atoms with Crippen molar-refractivity contribution in [2.24, 2.45) is 11.8 Å². The average Bonchev–Trinajstić information content (AvgIpc) is 3.10. The lowest BCUT2D eigenvalue weighted by Gasteiger charge is -2.33. The van der Waals surface area contributed by atoms with Gasteiger partial charge in [0.15, 0.2) is 0 Å². The molecule has 0 aliphatic heterocycles. The van der Waals surface area contributed by atoms with Crippen LogP contribution in [0.3, 0.4) is 0 Å². The molecule has 0 spiro atoms. The Balaban J connectivity index is 1.12. The molecule has 0 bridgehead atoms. The van der Waals surface area contributed by atoms with E-state index in [2.05, 4.69) is 11.8 Å². The summed E-state index contributed by atoms with van der Waals surface area (Å²) in [5.74, 6) is 3.64. The zero-order chi connectivity index (χ0) is 35.3. The summed E-state index contributed by atoms with van der Waals surface area (Å²) in [6, 6.07) is 32.6. The highest BCUT2D eigenvalue weighted by molar-refractivity contribution is 5.93. The van der Waals surface area contributed by atoms with Gasteiger partial charge in [0.05, 0.1) is 24.9 Å². The molecule has 2 atom stereocenters. The molecular formula is C40H34N2O8. The zero-order valence-electron chi connectivity index (χ0n) is 27.1. The van der Waals surface area contributed by atoms with Gasteiger partial charge < -0.3 is 18.9 Å². The summed E-state index contributed by atoms with van der Waals surface area (Å²) in [6.45, 7) is -0.0969. The van der Waals surface area contributed by atoms with Gasteiger partial charge in [0.2, 0.25) is 0 Å². The van der Waals surface area contributed by atoms with Gasteiger partial charge in [0.1, 0.15) is 23.0 Å². The van der Waals surface area contributed by atoms with E-state index in [1.807, 2.05) is 60.7 Å². The highest BCUT2D eigenvalue weighted by Gasteiger charge is 2.45. The van der Waals surface area contributed by atoms with Crippen LogP contribution in [0.25, 0.3) is 0 Å². The fourth-order valence-corrected chi connectivity index (χ4v) is 5.12. The van der Waals surface area contributed by atoms with E-state index in [1.54, 1.807) is 48.5 Å². The largest absolute Gasteiger partial charge is 0.457 e. The van der Waals surface area contributed by atoms with E-state index in [9.17, 15) is 19.2 Å². The second-order valence-electron chi connectivity index (χ2n) is 11.4. The van der Waals surface area contributed by atoms with Gasteiger partial charge in [-0.05, 0) is 72.5 Å². The van der Waals surface area contributed by atoms with E-state index < -0.39 is 36.0 Å². The Hall–Kier alpha value is -6.52. The van der Waals surface area contributed by atoms with Gasteiger partial charge in [-0.15, -0.1) is 12.8 Å². The van der Waals surface area contributed by atoms with Gasteiger partial charge in [0.25, 0.3) is 0 Å². The number of ether oxygens (including phenoxy) is 4. The summed E-state index contributed by atoms with van der Waals surface area (Å²) >= 11 is 0. The highest BCUT2D eigenvalue weighted by Crippen LogP contribution is 2.36. The molecule has 0 aromatic heterocycles. The van der Waals surface area contributed by atoms with Crippen LogP contribution in [0.2, 0.25) is 0 Å². The average molecular weight is 671 g/mol. The summed E-state index contributed by atoms with van der Waals surface area (Å²) in [7, 11) is 0. The van der Waals surface area contributed by atoms with Gasteiger partial charge in [-0.1, -0.05) is 72.5 Å². The molecule has 10 heteroatoms. The Bertz CT molecular complexity index is 1720. The molecule has 5 rings (SSSR count). The van der Waals surface area contributed by atoms with Crippen molar-refractivity contribution in [3.8, 4) is 47.7 Å². The van der Waals surface area contributed by atoms with Crippen LogP contribution in [0.5, 0.6) is 23.0 Å². The second kappa shape index (κ2) is 17.0. The number of esters is 2. The third-order valence-corrected chi connectivity index (χ3v) is 7.89. The standard InChI is InChI=1S/C40H34N2O8/c1-3-25-41(27-29-15-19-33(20-16-29)47-31-11-7-5-8-12-31)39(45)49-37(43)35-23-24-36(35)38(44)50-40(46)42(26-4-2)28-30-17-21-34(22-18-30)48-32-13-9-6-10-14-32/h1-2,5-22,35-36H,23-28H2. The van der Waals surface area contributed by atoms with Crippen molar-refractivity contribution in [3.05, 3.63) is 120 Å². The van der Waals surface area contributed by atoms with Gasteiger partial charge in [-0.3, -0.25) is 19.4 Å². The summed E-state index contributed by atoms with van der Waals surface area (Å²) in [6.07, 6.45) is 9.61. The van der Waals surface area contributed by atoms with Crippen molar-refractivity contribution >= 4 is 24.1 Å².